The summed E-state index contributed by atoms with van der Waals surface area (Å²) < 4.78 is 0. The predicted molar refractivity (Wildman–Crippen MR) is 145 cm³/mol. The first-order chi connectivity index (χ1) is 17.1. The second-order valence-electron chi connectivity index (χ2n) is 9.32. The van der Waals surface area contributed by atoms with Crippen LogP contribution in [0.5, 0.6) is 0 Å². The molecule has 1 aromatic heterocycles. The van der Waals surface area contributed by atoms with Gasteiger partial charge in [-0.2, -0.15) is 0 Å². The molecule has 2 amide bonds. The maximum Gasteiger partial charge on any atom is 0.260 e. The standard InChI is InChI=1S/C29H30N2O2S2/c1-20-6-4-7-22(16-20)19-31-25-9-2-3-10-26(25)35-27(29(31)33)17-21-11-13-23(14-12-21)28(32)30-18-24-8-5-15-34-24/h4-8,11-17,25-26H,2-3,9-10,18-19H2,1H3,(H,30,32)/b27-17+. The lowest BCUT2D eigenvalue weighted by molar-refractivity contribution is -0.130. The van der Waals surface area contributed by atoms with Gasteiger partial charge in [-0.05, 0) is 60.5 Å². The van der Waals surface area contributed by atoms with Gasteiger partial charge >= 0.3 is 0 Å². The fourth-order valence-electron chi connectivity index (χ4n) is 4.93. The molecule has 5 rings (SSSR count). The largest absolute Gasteiger partial charge is 0.347 e. The van der Waals surface area contributed by atoms with Crippen molar-refractivity contribution < 1.29 is 9.59 Å². The van der Waals surface area contributed by atoms with Crippen LogP contribution in [0.3, 0.4) is 0 Å². The molecular formula is C29H30N2O2S2. The van der Waals surface area contributed by atoms with Gasteiger partial charge in [0, 0.05) is 28.3 Å². The van der Waals surface area contributed by atoms with E-state index in [4.69, 9.17) is 0 Å². The molecule has 1 N–H and O–H groups in total. The molecule has 6 heteroatoms. The Labute approximate surface area is 215 Å². The molecule has 1 saturated carbocycles. The van der Waals surface area contributed by atoms with Crippen molar-refractivity contribution in [3.63, 3.8) is 0 Å². The molecule has 2 atom stereocenters. The maximum absolute atomic E-state index is 13.6. The van der Waals surface area contributed by atoms with Crippen molar-refractivity contribution in [1.82, 2.24) is 10.2 Å². The van der Waals surface area contributed by atoms with E-state index in [1.165, 1.54) is 24.0 Å². The predicted octanol–water partition coefficient (Wildman–Crippen LogP) is 6.41. The minimum absolute atomic E-state index is 0.0879. The minimum atomic E-state index is -0.0879. The van der Waals surface area contributed by atoms with Gasteiger partial charge < -0.3 is 10.2 Å². The fraction of sp³-hybridized carbons (Fsp3) is 0.310. The molecule has 35 heavy (non-hydrogen) atoms. The number of nitrogens with one attached hydrogen (secondary N) is 1. The van der Waals surface area contributed by atoms with Crippen LogP contribution in [0.25, 0.3) is 6.08 Å². The van der Waals surface area contributed by atoms with E-state index in [1.54, 1.807) is 23.1 Å². The molecule has 2 fully saturated rings. The summed E-state index contributed by atoms with van der Waals surface area (Å²) in [6, 6.07) is 20.3. The summed E-state index contributed by atoms with van der Waals surface area (Å²) in [5, 5.41) is 5.41. The molecule has 2 aliphatic rings. The highest BCUT2D eigenvalue weighted by atomic mass is 32.2. The van der Waals surface area contributed by atoms with Gasteiger partial charge in [0.15, 0.2) is 0 Å². The smallest absolute Gasteiger partial charge is 0.260 e. The van der Waals surface area contributed by atoms with Gasteiger partial charge in [0.2, 0.25) is 0 Å². The molecule has 4 nitrogen and oxygen atoms in total. The number of amides is 2. The Morgan fingerprint density at radius 2 is 1.91 bits per heavy atom. The Bertz CT molecular complexity index is 1220. The lowest BCUT2D eigenvalue weighted by Gasteiger charge is -2.44. The second kappa shape index (κ2) is 10.8. The topological polar surface area (TPSA) is 49.4 Å². The van der Waals surface area contributed by atoms with Crippen LogP contribution in [0.1, 0.15) is 57.6 Å². The Hall–Kier alpha value is -2.83. The Morgan fingerprint density at radius 3 is 2.69 bits per heavy atom. The summed E-state index contributed by atoms with van der Waals surface area (Å²) in [5.74, 6) is 0.0347. The highest BCUT2D eigenvalue weighted by molar-refractivity contribution is 8.04. The van der Waals surface area contributed by atoms with Crippen LogP contribution >= 0.6 is 23.1 Å². The maximum atomic E-state index is 13.6. The van der Waals surface area contributed by atoms with E-state index in [0.717, 1.165) is 28.2 Å². The fourth-order valence-corrected chi connectivity index (χ4v) is 7.05. The van der Waals surface area contributed by atoms with Crippen LogP contribution in [0.2, 0.25) is 0 Å². The van der Waals surface area contributed by atoms with E-state index < -0.39 is 0 Å². The zero-order chi connectivity index (χ0) is 24.2. The lowest BCUT2D eigenvalue weighted by Crippen LogP contribution is -2.50. The van der Waals surface area contributed by atoms with Crippen LogP contribution in [-0.4, -0.2) is 28.0 Å². The normalized spacial score (nSPS) is 21.1. The summed E-state index contributed by atoms with van der Waals surface area (Å²) in [7, 11) is 0. The lowest BCUT2D eigenvalue weighted by atomic mass is 9.92. The van der Waals surface area contributed by atoms with Gasteiger partial charge in [-0.25, -0.2) is 0 Å². The number of fused-ring (bicyclic) bond motifs is 1. The molecule has 2 heterocycles. The molecular weight excluding hydrogens is 472 g/mol. The van der Waals surface area contributed by atoms with E-state index in [2.05, 4.69) is 41.4 Å². The van der Waals surface area contributed by atoms with Crippen molar-refractivity contribution in [2.75, 3.05) is 0 Å². The number of carbonyl (C=O) groups excluding carboxylic acids is 2. The van der Waals surface area contributed by atoms with Crippen LogP contribution in [-0.2, 0) is 17.9 Å². The molecule has 3 aromatic rings. The van der Waals surface area contributed by atoms with Gasteiger partial charge in [0.05, 0.1) is 11.4 Å². The molecule has 2 aromatic carbocycles. The number of aryl methyl sites for hydroxylation is 1. The number of rotatable bonds is 6. The molecule has 1 aliphatic carbocycles. The first kappa shape index (κ1) is 23.9. The monoisotopic (exact) mass is 502 g/mol. The molecule has 1 saturated heterocycles. The molecule has 2 unspecified atom stereocenters. The van der Waals surface area contributed by atoms with Crippen LogP contribution in [0, 0.1) is 6.92 Å². The van der Waals surface area contributed by atoms with Crippen LogP contribution in [0.4, 0.5) is 0 Å². The van der Waals surface area contributed by atoms with Crippen molar-refractivity contribution >= 4 is 41.0 Å². The van der Waals surface area contributed by atoms with Crippen LogP contribution in [0.15, 0.2) is 70.9 Å². The quantitative estimate of drug-likeness (QED) is 0.396. The SMILES string of the molecule is Cc1cccc(CN2C(=O)/C(=C\c3ccc(C(=O)NCc4cccs4)cc3)SC3CCCCC32)c1. The molecule has 0 bridgehead atoms. The van der Waals surface area contributed by atoms with E-state index in [-0.39, 0.29) is 11.8 Å². The van der Waals surface area contributed by atoms with Crippen molar-refractivity contribution in [2.24, 2.45) is 0 Å². The van der Waals surface area contributed by atoms with Gasteiger partial charge in [-0.3, -0.25) is 9.59 Å². The summed E-state index contributed by atoms with van der Waals surface area (Å²) in [6.07, 6.45) is 6.64. The van der Waals surface area contributed by atoms with Gasteiger partial charge in [0.25, 0.3) is 11.8 Å². The Morgan fingerprint density at radius 1 is 1.09 bits per heavy atom. The molecule has 0 spiro atoms. The van der Waals surface area contributed by atoms with E-state index >= 15 is 0 Å². The summed E-state index contributed by atoms with van der Waals surface area (Å²) >= 11 is 3.38. The zero-order valence-electron chi connectivity index (χ0n) is 19.9. The van der Waals surface area contributed by atoms with E-state index in [0.29, 0.717) is 29.9 Å². The zero-order valence-corrected chi connectivity index (χ0v) is 21.5. The van der Waals surface area contributed by atoms with Crippen LogP contribution < -0.4 is 5.32 Å². The number of hydrogen-bond acceptors (Lipinski definition) is 4. The number of carbonyl (C=O) groups is 2. The third-order valence-corrected chi connectivity index (χ3v) is 9.00. The first-order valence-corrected chi connectivity index (χ1v) is 14.0. The van der Waals surface area contributed by atoms with Gasteiger partial charge in [-0.1, -0.05) is 60.9 Å². The molecule has 0 radical (unpaired) electrons. The van der Waals surface area contributed by atoms with Gasteiger partial charge in [-0.15, -0.1) is 23.1 Å². The second-order valence-corrected chi connectivity index (χ2v) is 11.6. The molecule has 1 aliphatic heterocycles. The minimum Gasteiger partial charge on any atom is -0.347 e. The number of thioether (sulfide) groups is 1. The third kappa shape index (κ3) is 5.71. The van der Waals surface area contributed by atoms with E-state index in [9.17, 15) is 9.59 Å². The van der Waals surface area contributed by atoms with Crippen molar-refractivity contribution in [1.29, 1.82) is 0 Å². The number of hydrogen-bond donors (Lipinski definition) is 1. The average molecular weight is 503 g/mol. The number of thiophene rings is 1. The Balaban J connectivity index is 1.32. The number of nitrogens with zero attached hydrogens (tertiary/aromatic N) is 1. The Kier molecular flexibility index (Phi) is 7.40. The molecule has 180 valence electrons. The van der Waals surface area contributed by atoms with Crippen molar-refractivity contribution in [3.05, 3.63) is 98.1 Å². The van der Waals surface area contributed by atoms with Crippen molar-refractivity contribution in [3.8, 4) is 0 Å². The highest BCUT2D eigenvalue weighted by Crippen LogP contribution is 2.42. The average Bonchev–Trinajstić information content (AvgIpc) is 3.39. The highest BCUT2D eigenvalue weighted by Gasteiger charge is 2.40. The third-order valence-electron chi connectivity index (χ3n) is 6.73. The van der Waals surface area contributed by atoms with Gasteiger partial charge in [0.1, 0.15) is 0 Å². The van der Waals surface area contributed by atoms with E-state index in [1.807, 2.05) is 47.9 Å². The van der Waals surface area contributed by atoms with Crippen molar-refractivity contribution in [2.45, 2.75) is 57.0 Å². The summed E-state index contributed by atoms with van der Waals surface area (Å²) in [5.41, 5.74) is 3.98. The summed E-state index contributed by atoms with van der Waals surface area (Å²) in [6.45, 7) is 3.29. The summed E-state index contributed by atoms with van der Waals surface area (Å²) in [4.78, 5) is 30.2. The number of benzene rings is 2. The first-order valence-electron chi connectivity index (χ1n) is 12.2.